The van der Waals surface area contributed by atoms with Gasteiger partial charge in [0.1, 0.15) is 5.60 Å². The van der Waals surface area contributed by atoms with Crippen LogP contribution in [0.4, 0.5) is 4.79 Å². The van der Waals surface area contributed by atoms with Gasteiger partial charge in [-0.2, -0.15) is 0 Å². The van der Waals surface area contributed by atoms with E-state index in [-0.39, 0.29) is 18.8 Å². The molecule has 7 nitrogen and oxygen atoms in total. The lowest BCUT2D eigenvalue weighted by molar-refractivity contribution is 0.0252. The SMILES string of the molecule is COCCNCCC1CN(C(=O)OC(C)(C)C)CCS1(=O)=O. The highest BCUT2D eigenvalue weighted by molar-refractivity contribution is 7.92. The number of ether oxygens (including phenoxy) is 2. The average Bonchev–Trinajstić information content (AvgIpc) is 2.38. The van der Waals surface area contributed by atoms with Crippen LogP contribution in [0.3, 0.4) is 0 Å². The first-order valence-electron chi connectivity index (χ1n) is 7.55. The van der Waals surface area contributed by atoms with E-state index in [1.807, 2.05) is 0 Å². The van der Waals surface area contributed by atoms with Crippen molar-refractivity contribution in [1.29, 1.82) is 0 Å². The molecule has 1 fully saturated rings. The Labute approximate surface area is 133 Å². The van der Waals surface area contributed by atoms with Gasteiger partial charge in [-0.3, -0.25) is 0 Å². The number of carbonyl (C=O) groups excluding carboxylic acids is 1. The lowest BCUT2D eigenvalue weighted by Crippen LogP contribution is -2.51. The van der Waals surface area contributed by atoms with Gasteiger partial charge in [0, 0.05) is 26.7 Å². The van der Waals surface area contributed by atoms with Crippen LogP contribution in [0.15, 0.2) is 0 Å². The van der Waals surface area contributed by atoms with Crippen molar-refractivity contribution in [1.82, 2.24) is 10.2 Å². The average molecular weight is 336 g/mol. The molecule has 8 heteroatoms. The minimum absolute atomic E-state index is 0.00498. The van der Waals surface area contributed by atoms with Crippen molar-refractivity contribution in [3.63, 3.8) is 0 Å². The number of methoxy groups -OCH3 is 1. The molecule has 1 unspecified atom stereocenters. The number of amides is 1. The molecule has 0 radical (unpaired) electrons. The van der Waals surface area contributed by atoms with Gasteiger partial charge in [0.2, 0.25) is 0 Å². The van der Waals surface area contributed by atoms with Crippen LogP contribution in [0, 0.1) is 0 Å². The van der Waals surface area contributed by atoms with Crippen LogP contribution in [0.5, 0.6) is 0 Å². The zero-order valence-electron chi connectivity index (χ0n) is 13.9. The summed E-state index contributed by atoms with van der Waals surface area (Å²) in [5.74, 6) is -0.00498. The molecule has 1 heterocycles. The van der Waals surface area contributed by atoms with E-state index in [9.17, 15) is 13.2 Å². The zero-order chi connectivity index (χ0) is 16.8. The van der Waals surface area contributed by atoms with Gasteiger partial charge in [0.25, 0.3) is 0 Å². The third-order valence-corrected chi connectivity index (χ3v) is 5.51. The molecule has 22 heavy (non-hydrogen) atoms. The van der Waals surface area contributed by atoms with Crippen LogP contribution >= 0.6 is 0 Å². The number of nitrogens with one attached hydrogen (secondary N) is 1. The van der Waals surface area contributed by atoms with E-state index >= 15 is 0 Å². The fraction of sp³-hybridized carbons (Fsp3) is 0.929. The molecule has 1 aliphatic heterocycles. The fourth-order valence-electron chi connectivity index (χ4n) is 2.18. The van der Waals surface area contributed by atoms with E-state index in [0.717, 1.165) is 0 Å². The predicted octanol–water partition coefficient (Wildman–Crippen LogP) is 0.647. The van der Waals surface area contributed by atoms with Crippen molar-refractivity contribution in [2.45, 2.75) is 38.0 Å². The Morgan fingerprint density at radius 2 is 2.00 bits per heavy atom. The molecule has 1 N–H and O–H groups in total. The molecule has 1 rings (SSSR count). The van der Waals surface area contributed by atoms with Gasteiger partial charge in [-0.1, -0.05) is 0 Å². The van der Waals surface area contributed by atoms with Crippen molar-refractivity contribution < 1.29 is 22.7 Å². The Balaban J connectivity index is 2.53. The molecular weight excluding hydrogens is 308 g/mol. The Morgan fingerprint density at radius 3 is 2.59 bits per heavy atom. The lowest BCUT2D eigenvalue weighted by atomic mass is 10.2. The van der Waals surface area contributed by atoms with E-state index < -0.39 is 26.8 Å². The summed E-state index contributed by atoms with van der Waals surface area (Å²) in [7, 11) is -1.53. The summed E-state index contributed by atoms with van der Waals surface area (Å²) in [6.45, 7) is 7.62. The molecule has 1 aliphatic rings. The minimum Gasteiger partial charge on any atom is -0.444 e. The second-order valence-corrected chi connectivity index (χ2v) is 8.85. The quantitative estimate of drug-likeness (QED) is 0.717. The summed E-state index contributed by atoms with van der Waals surface area (Å²) >= 11 is 0. The van der Waals surface area contributed by atoms with Gasteiger partial charge in [-0.25, -0.2) is 13.2 Å². The molecule has 1 atom stereocenters. The molecular formula is C14H28N2O5S. The molecule has 0 aliphatic carbocycles. The van der Waals surface area contributed by atoms with Gasteiger partial charge >= 0.3 is 6.09 Å². The first-order valence-corrected chi connectivity index (χ1v) is 9.26. The van der Waals surface area contributed by atoms with E-state index in [0.29, 0.717) is 26.1 Å². The van der Waals surface area contributed by atoms with Crippen molar-refractivity contribution >= 4 is 15.9 Å². The van der Waals surface area contributed by atoms with Crippen LogP contribution < -0.4 is 5.32 Å². The second kappa shape index (κ2) is 8.12. The van der Waals surface area contributed by atoms with Crippen molar-refractivity contribution in [3.05, 3.63) is 0 Å². The summed E-state index contributed by atoms with van der Waals surface area (Å²) in [6, 6.07) is 0. The van der Waals surface area contributed by atoms with Gasteiger partial charge in [0.15, 0.2) is 9.84 Å². The molecule has 0 aromatic carbocycles. The van der Waals surface area contributed by atoms with Crippen molar-refractivity contribution in [3.8, 4) is 0 Å². The van der Waals surface area contributed by atoms with Crippen LogP contribution in [-0.2, 0) is 19.3 Å². The standard InChI is InChI=1S/C14H28N2O5S/c1-14(2,3)21-13(17)16-8-10-22(18,19)12(11-16)5-6-15-7-9-20-4/h12,15H,5-11H2,1-4H3. The molecule has 0 aromatic heterocycles. The Morgan fingerprint density at radius 1 is 1.32 bits per heavy atom. The third kappa shape index (κ3) is 6.50. The molecule has 1 amide bonds. The largest absolute Gasteiger partial charge is 0.444 e. The molecule has 1 saturated heterocycles. The highest BCUT2D eigenvalue weighted by atomic mass is 32.2. The van der Waals surface area contributed by atoms with Gasteiger partial charge in [0.05, 0.1) is 17.6 Å². The smallest absolute Gasteiger partial charge is 0.410 e. The maximum Gasteiger partial charge on any atom is 0.410 e. The number of hydrogen-bond donors (Lipinski definition) is 1. The highest BCUT2D eigenvalue weighted by Crippen LogP contribution is 2.18. The lowest BCUT2D eigenvalue weighted by Gasteiger charge is -2.34. The molecule has 130 valence electrons. The summed E-state index contributed by atoms with van der Waals surface area (Å²) in [5.41, 5.74) is -0.579. The second-order valence-electron chi connectivity index (χ2n) is 6.45. The Kier molecular flexibility index (Phi) is 7.08. The van der Waals surface area contributed by atoms with Crippen molar-refractivity contribution in [2.24, 2.45) is 0 Å². The van der Waals surface area contributed by atoms with E-state index in [4.69, 9.17) is 9.47 Å². The van der Waals surface area contributed by atoms with Gasteiger partial charge in [-0.05, 0) is 33.7 Å². The van der Waals surface area contributed by atoms with E-state index in [1.165, 1.54) is 4.90 Å². The van der Waals surface area contributed by atoms with E-state index in [2.05, 4.69) is 5.32 Å². The summed E-state index contributed by atoms with van der Waals surface area (Å²) in [5, 5.41) is 2.59. The maximum atomic E-state index is 12.1. The maximum absolute atomic E-state index is 12.1. The fourth-order valence-corrected chi connectivity index (χ4v) is 3.87. The summed E-state index contributed by atoms with van der Waals surface area (Å²) in [4.78, 5) is 13.6. The highest BCUT2D eigenvalue weighted by Gasteiger charge is 2.36. The number of nitrogens with zero attached hydrogens (tertiary/aromatic N) is 1. The number of rotatable bonds is 6. The van der Waals surface area contributed by atoms with Crippen LogP contribution in [0.25, 0.3) is 0 Å². The van der Waals surface area contributed by atoms with Crippen LogP contribution in [0.2, 0.25) is 0 Å². The van der Waals surface area contributed by atoms with E-state index in [1.54, 1.807) is 27.9 Å². The number of sulfone groups is 1. The molecule has 0 aromatic rings. The number of carbonyl (C=O) groups is 1. The number of hydrogen-bond acceptors (Lipinski definition) is 6. The molecule has 0 bridgehead atoms. The van der Waals surface area contributed by atoms with Gasteiger partial charge in [-0.15, -0.1) is 0 Å². The first kappa shape index (κ1) is 19.2. The van der Waals surface area contributed by atoms with Crippen molar-refractivity contribution in [2.75, 3.05) is 45.6 Å². The summed E-state index contributed by atoms with van der Waals surface area (Å²) in [6.07, 6.45) is 0.0328. The predicted molar refractivity (Wildman–Crippen MR) is 84.7 cm³/mol. The first-order chi connectivity index (χ1) is 10.2. The normalized spacial score (nSPS) is 21.6. The Hall–Kier alpha value is -0.860. The molecule has 0 spiro atoms. The monoisotopic (exact) mass is 336 g/mol. The summed E-state index contributed by atoms with van der Waals surface area (Å²) < 4.78 is 34.5. The third-order valence-electron chi connectivity index (χ3n) is 3.36. The van der Waals surface area contributed by atoms with Crippen LogP contribution in [-0.4, -0.2) is 75.9 Å². The van der Waals surface area contributed by atoms with Crippen LogP contribution in [0.1, 0.15) is 27.2 Å². The van der Waals surface area contributed by atoms with Gasteiger partial charge < -0.3 is 19.7 Å². The topological polar surface area (TPSA) is 84.9 Å². The Bertz CT molecular complexity index is 458. The zero-order valence-corrected chi connectivity index (χ0v) is 14.7. The molecule has 0 saturated carbocycles. The minimum atomic E-state index is -3.15.